The number of nitrogens with zero attached hydrogens (tertiary/aromatic N) is 5. The second kappa shape index (κ2) is 9.74. The lowest BCUT2D eigenvalue weighted by Gasteiger charge is -2.10. The largest absolute Gasteiger partial charge is 0.486 e. The Labute approximate surface area is 204 Å². The number of halogens is 1. The third-order valence-corrected chi connectivity index (χ3v) is 6.33. The van der Waals surface area contributed by atoms with Gasteiger partial charge in [0.15, 0.2) is 11.0 Å². The molecule has 1 aromatic carbocycles. The molecule has 0 atom stereocenters. The maximum atomic E-state index is 12.5. The first kappa shape index (κ1) is 22.2. The number of fused-ring (bicyclic) bond motifs is 1. The van der Waals surface area contributed by atoms with Crippen LogP contribution in [-0.2, 0) is 18.9 Å². The Morgan fingerprint density at radius 2 is 1.97 bits per heavy atom. The fourth-order valence-corrected chi connectivity index (χ4v) is 4.37. The van der Waals surface area contributed by atoms with Crippen molar-refractivity contribution in [2.24, 2.45) is 0 Å². The van der Waals surface area contributed by atoms with E-state index in [0.717, 1.165) is 11.3 Å². The van der Waals surface area contributed by atoms with E-state index in [1.165, 1.54) is 11.8 Å². The molecular weight excluding hydrogens is 474 g/mol. The number of furan rings is 1. The molecule has 34 heavy (non-hydrogen) atoms. The Hall–Kier alpha value is -3.56. The summed E-state index contributed by atoms with van der Waals surface area (Å²) in [6, 6.07) is 16.2. The number of benzene rings is 1. The minimum absolute atomic E-state index is 0.113. The van der Waals surface area contributed by atoms with E-state index in [1.54, 1.807) is 47.2 Å². The Kier molecular flexibility index (Phi) is 6.37. The second-order valence-corrected chi connectivity index (χ2v) is 8.99. The molecule has 0 unspecified atom stereocenters. The molecular formula is C24H20ClN5O3S. The van der Waals surface area contributed by atoms with Gasteiger partial charge in [-0.3, -0.25) is 13.8 Å². The first-order valence-corrected chi connectivity index (χ1v) is 11.9. The van der Waals surface area contributed by atoms with Crippen molar-refractivity contribution in [2.75, 3.05) is 0 Å². The van der Waals surface area contributed by atoms with Gasteiger partial charge in [0.25, 0.3) is 5.56 Å². The van der Waals surface area contributed by atoms with Crippen molar-refractivity contribution in [1.82, 2.24) is 24.1 Å². The lowest BCUT2D eigenvalue weighted by molar-refractivity contribution is 0.287. The fraction of sp³-hybridized carbons (Fsp3) is 0.167. The summed E-state index contributed by atoms with van der Waals surface area (Å²) >= 11 is 7.40. The smallest absolute Gasteiger partial charge is 0.258 e. The van der Waals surface area contributed by atoms with Gasteiger partial charge in [-0.25, -0.2) is 4.98 Å². The molecule has 0 N–H and O–H groups in total. The first-order valence-electron chi connectivity index (χ1n) is 10.5. The van der Waals surface area contributed by atoms with Crippen LogP contribution in [0.3, 0.4) is 0 Å². The zero-order valence-electron chi connectivity index (χ0n) is 18.2. The minimum Gasteiger partial charge on any atom is -0.486 e. The van der Waals surface area contributed by atoms with Crippen molar-refractivity contribution >= 4 is 29.0 Å². The van der Waals surface area contributed by atoms with Gasteiger partial charge in [-0.1, -0.05) is 29.4 Å². The number of thioether (sulfide) groups is 1. The molecule has 0 spiro atoms. The van der Waals surface area contributed by atoms with E-state index < -0.39 is 0 Å². The van der Waals surface area contributed by atoms with E-state index in [0.29, 0.717) is 45.4 Å². The highest BCUT2D eigenvalue weighted by atomic mass is 35.5. The molecule has 4 heterocycles. The Balaban J connectivity index is 1.37. The van der Waals surface area contributed by atoms with E-state index in [-0.39, 0.29) is 12.2 Å². The first-order chi connectivity index (χ1) is 16.5. The standard InChI is InChI=1S/C24H20ClN5O3S/c1-16-4-9-21-26-18(11-23(31)29(21)12-16)15-34-24-28-27-22(30(24)13-20-3-2-10-32-20)14-33-19-7-5-17(25)6-8-19/h2-12H,13-15H2,1H3. The second-order valence-electron chi connectivity index (χ2n) is 7.62. The molecule has 0 aliphatic rings. The monoisotopic (exact) mass is 493 g/mol. The summed E-state index contributed by atoms with van der Waals surface area (Å²) < 4.78 is 14.9. The summed E-state index contributed by atoms with van der Waals surface area (Å²) in [6.07, 6.45) is 3.42. The van der Waals surface area contributed by atoms with E-state index >= 15 is 0 Å². The highest BCUT2D eigenvalue weighted by molar-refractivity contribution is 7.98. The maximum absolute atomic E-state index is 12.5. The lowest BCUT2D eigenvalue weighted by atomic mass is 10.3. The molecule has 5 rings (SSSR count). The highest BCUT2D eigenvalue weighted by Gasteiger charge is 2.16. The van der Waals surface area contributed by atoms with E-state index in [4.69, 9.17) is 20.8 Å². The number of pyridine rings is 1. The van der Waals surface area contributed by atoms with Crippen molar-refractivity contribution in [3.8, 4) is 5.75 Å². The van der Waals surface area contributed by atoms with Crippen molar-refractivity contribution in [3.63, 3.8) is 0 Å². The Bertz CT molecular complexity index is 1480. The molecule has 0 aliphatic carbocycles. The van der Waals surface area contributed by atoms with Crippen LogP contribution in [0.15, 0.2) is 81.4 Å². The number of aromatic nitrogens is 5. The third kappa shape index (κ3) is 5.00. The van der Waals surface area contributed by atoms with E-state index in [2.05, 4.69) is 15.2 Å². The van der Waals surface area contributed by atoms with E-state index in [9.17, 15) is 4.79 Å². The van der Waals surface area contributed by atoms with Gasteiger partial charge in [-0.15, -0.1) is 10.2 Å². The molecule has 5 aromatic rings. The minimum atomic E-state index is -0.113. The maximum Gasteiger partial charge on any atom is 0.258 e. The summed E-state index contributed by atoms with van der Waals surface area (Å²) in [5.41, 5.74) is 2.17. The Morgan fingerprint density at radius 1 is 1.12 bits per heavy atom. The molecule has 172 valence electrons. The SMILES string of the molecule is Cc1ccc2nc(CSc3nnc(COc4ccc(Cl)cc4)n3Cc3ccco3)cc(=O)n2c1. The van der Waals surface area contributed by atoms with Crippen LogP contribution in [0.4, 0.5) is 0 Å². The summed E-state index contributed by atoms with van der Waals surface area (Å²) in [7, 11) is 0. The fourth-order valence-electron chi connectivity index (χ4n) is 3.40. The lowest BCUT2D eigenvalue weighted by Crippen LogP contribution is -2.15. The molecule has 0 amide bonds. The molecule has 0 bridgehead atoms. The van der Waals surface area contributed by atoms with Crippen LogP contribution in [0, 0.1) is 6.92 Å². The van der Waals surface area contributed by atoms with Gasteiger partial charge in [-0.05, 0) is 55.0 Å². The van der Waals surface area contributed by atoms with Gasteiger partial charge in [0, 0.05) is 23.0 Å². The van der Waals surface area contributed by atoms with Crippen LogP contribution in [0.25, 0.3) is 5.65 Å². The average molecular weight is 494 g/mol. The van der Waals surface area contributed by atoms with Gasteiger partial charge >= 0.3 is 0 Å². The van der Waals surface area contributed by atoms with Crippen LogP contribution in [0.1, 0.15) is 22.8 Å². The predicted octanol–water partition coefficient (Wildman–Crippen LogP) is 4.76. The summed E-state index contributed by atoms with van der Waals surface area (Å²) in [6.45, 7) is 2.62. The average Bonchev–Trinajstić information content (AvgIpc) is 3.48. The molecule has 0 radical (unpaired) electrons. The highest BCUT2D eigenvalue weighted by Crippen LogP contribution is 2.24. The number of hydrogen-bond acceptors (Lipinski definition) is 7. The molecule has 0 saturated carbocycles. The zero-order chi connectivity index (χ0) is 23.5. The molecule has 10 heteroatoms. The third-order valence-electron chi connectivity index (χ3n) is 5.08. The molecule has 0 fully saturated rings. The van der Waals surface area contributed by atoms with Crippen molar-refractivity contribution in [1.29, 1.82) is 0 Å². The molecule has 0 saturated heterocycles. The Morgan fingerprint density at radius 3 is 2.76 bits per heavy atom. The van der Waals surface area contributed by atoms with Crippen molar-refractivity contribution < 1.29 is 9.15 Å². The number of aryl methyl sites for hydroxylation is 1. The molecule has 4 aromatic heterocycles. The summed E-state index contributed by atoms with van der Waals surface area (Å²) in [5.74, 6) is 2.57. The number of rotatable bonds is 8. The van der Waals surface area contributed by atoms with E-state index in [1.807, 2.05) is 35.8 Å². The molecule has 8 nitrogen and oxygen atoms in total. The van der Waals surface area contributed by atoms with Gasteiger partial charge in [0.2, 0.25) is 0 Å². The van der Waals surface area contributed by atoms with Crippen molar-refractivity contribution in [3.05, 3.63) is 105 Å². The normalized spacial score (nSPS) is 11.2. The van der Waals surface area contributed by atoms with Gasteiger partial charge < -0.3 is 9.15 Å². The van der Waals surface area contributed by atoms with Gasteiger partial charge in [0.05, 0.1) is 18.5 Å². The quantitative estimate of drug-likeness (QED) is 0.288. The van der Waals surface area contributed by atoms with Gasteiger partial charge in [0.1, 0.15) is 23.8 Å². The predicted molar refractivity (Wildman–Crippen MR) is 129 cm³/mol. The van der Waals surface area contributed by atoms with Crippen LogP contribution in [-0.4, -0.2) is 24.1 Å². The van der Waals surface area contributed by atoms with Gasteiger partial charge in [-0.2, -0.15) is 0 Å². The van der Waals surface area contributed by atoms with Crippen LogP contribution >= 0.6 is 23.4 Å². The van der Waals surface area contributed by atoms with Crippen LogP contribution in [0.2, 0.25) is 5.02 Å². The molecule has 0 aliphatic heterocycles. The summed E-state index contributed by atoms with van der Waals surface area (Å²) in [5, 5.41) is 10.0. The topological polar surface area (TPSA) is 87.4 Å². The number of hydrogen-bond donors (Lipinski definition) is 0. The van der Waals surface area contributed by atoms with Crippen molar-refractivity contribution in [2.45, 2.75) is 31.0 Å². The summed E-state index contributed by atoms with van der Waals surface area (Å²) in [4.78, 5) is 17.1. The van der Waals surface area contributed by atoms with Crippen LogP contribution in [0.5, 0.6) is 5.75 Å². The number of ether oxygens (including phenoxy) is 1. The zero-order valence-corrected chi connectivity index (χ0v) is 19.8. The van der Waals surface area contributed by atoms with Crippen LogP contribution < -0.4 is 10.3 Å².